The molecule has 6 heteroatoms. The number of aryl methyl sites for hydroxylation is 1. The van der Waals surface area contributed by atoms with Gasteiger partial charge in [0.1, 0.15) is 0 Å². The van der Waals surface area contributed by atoms with Gasteiger partial charge in [0.15, 0.2) is 0 Å². The Labute approximate surface area is 99.6 Å². The Morgan fingerprint density at radius 1 is 1.47 bits per heavy atom. The highest BCUT2D eigenvalue weighted by molar-refractivity contribution is 6.02. The van der Waals surface area contributed by atoms with Crippen LogP contribution in [-0.4, -0.2) is 38.6 Å². The number of amides is 2. The average Bonchev–Trinajstić information content (AvgIpc) is 2.66. The minimum Gasteiger partial charge on any atom is -0.295 e. The van der Waals surface area contributed by atoms with Crippen molar-refractivity contribution in [1.82, 2.24) is 20.0 Å². The number of nitrogens with one attached hydrogen (secondary N) is 1. The first-order valence-electron chi connectivity index (χ1n) is 5.47. The lowest BCUT2D eigenvalue weighted by Gasteiger charge is -2.36. The van der Waals surface area contributed by atoms with Crippen LogP contribution < -0.4 is 5.32 Å². The van der Waals surface area contributed by atoms with Crippen molar-refractivity contribution in [3.63, 3.8) is 0 Å². The maximum absolute atomic E-state index is 12.1. The zero-order valence-electron chi connectivity index (χ0n) is 10.2. The third-order valence-electron chi connectivity index (χ3n) is 2.86. The van der Waals surface area contributed by atoms with Gasteiger partial charge in [-0.25, -0.2) is 0 Å². The molecule has 0 unspecified atom stereocenters. The molecule has 2 heterocycles. The van der Waals surface area contributed by atoms with Crippen LogP contribution >= 0.6 is 0 Å². The van der Waals surface area contributed by atoms with Crippen LogP contribution in [0.3, 0.4) is 0 Å². The number of imide groups is 1. The Morgan fingerprint density at radius 2 is 2.18 bits per heavy atom. The van der Waals surface area contributed by atoms with Crippen molar-refractivity contribution >= 4 is 11.8 Å². The van der Waals surface area contributed by atoms with E-state index in [9.17, 15) is 9.59 Å². The van der Waals surface area contributed by atoms with Crippen molar-refractivity contribution in [1.29, 1.82) is 0 Å². The Balaban J connectivity index is 2.18. The fraction of sp³-hybridized carbons (Fsp3) is 0.545. The summed E-state index contributed by atoms with van der Waals surface area (Å²) in [5.41, 5.74) is 0.169. The van der Waals surface area contributed by atoms with E-state index >= 15 is 0 Å². The maximum atomic E-state index is 12.1. The zero-order valence-corrected chi connectivity index (χ0v) is 10.2. The summed E-state index contributed by atoms with van der Waals surface area (Å²) < 4.78 is 1.65. The van der Waals surface area contributed by atoms with Crippen molar-refractivity contribution in [2.45, 2.75) is 25.9 Å². The summed E-state index contributed by atoms with van der Waals surface area (Å²) in [6.45, 7) is 4.03. The van der Waals surface area contributed by atoms with E-state index in [0.29, 0.717) is 0 Å². The molecule has 1 aliphatic heterocycles. The first-order chi connectivity index (χ1) is 7.90. The van der Waals surface area contributed by atoms with Crippen LogP contribution in [0.5, 0.6) is 0 Å². The topological polar surface area (TPSA) is 67.2 Å². The van der Waals surface area contributed by atoms with Gasteiger partial charge in [0.05, 0.1) is 24.8 Å². The molecule has 0 atom stereocenters. The van der Waals surface area contributed by atoms with Gasteiger partial charge in [0.2, 0.25) is 11.8 Å². The van der Waals surface area contributed by atoms with Gasteiger partial charge in [0, 0.05) is 18.8 Å². The minimum atomic E-state index is -0.684. The van der Waals surface area contributed by atoms with Crippen LogP contribution in [0.25, 0.3) is 0 Å². The summed E-state index contributed by atoms with van der Waals surface area (Å²) in [4.78, 5) is 25.1. The van der Waals surface area contributed by atoms with Gasteiger partial charge in [-0.05, 0) is 13.8 Å². The molecule has 17 heavy (non-hydrogen) atoms. The number of aromatic nitrogens is 2. The molecule has 6 nitrogen and oxygen atoms in total. The molecule has 1 aromatic heterocycles. The predicted molar refractivity (Wildman–Crippen MR) is 60.8 cm³/mol. The number of hydrogen-bond acceptors (Lipinski definition) is 4. The first kappa shape index (κ1) is 11.8. The zero-order chi connectivity index (χ0) is 12.6. The Hall–Kier alpha value is -1.69. The van der Waals surface area contributed by atoms with Crippen molar-refractivity contribution < 1.29 is 9.59 Å². The highest BCUT2D eigenvalue weighted by Gasteiger charge is 2.39. The lowest BCUT2D eigenvalue weighted by atomic mass is 10.0. The molecule has 1 fully saturated rings. The van der Waals surface area contributed by atoms with Crippen LogP contribution in [0.1, 0.15) is 19.4 Å². The average molecular weight is 236 g/mol. The second-order valence-corrected chi connectivity index (χ2v) is 4.79. The largest absolute Gasteiger partial charge is 0.295 e. The van der Waals surface area contributed by atoms with E-state index in [1.54, 1.807) is 38.0 Å². The number of carbonyl (C=O) groups excluding carboxylic acids is 2. The molecule has 2 amide bonds. The van der Waals surface area contributed by atoms with E-state index < -0.39 is 5.54 Å². The lowest BCUT2D eigenvalue weighted by molar-refractivity contribution is -0.153. The molecular weight excluding hydrogens is 220 g/mol. The molecule has 1 saturated heterocycles. The summed E-state index contributed by atoms with van der Waals surface area (Å²) >= 11 is 0. The number of carbonyl (C=O) groups is 2. The highest BCUT2D eigenvalue weighted by Crippen LogP contribution is 2.15. The number of piperazine rings is 1. The van der Waals surface area contributed by atoms with E-state index in [0.717, 1.165) is 5.56 Å². The summed E-state index contributed by atoms with van der Waals surface area (Å²) in [6.07, 6.45) is 3.46. The standard InChI is InChI=1S/C11H16N4O2/c1-11(2)10(17)15(9(16)5-12-11)7-8-4-13-14(3)6-8/h4,6,12H,5,7H2,1-3H3. The molecule has 0 bridgehead atoms. The number of hydrogen-bond donors (Lipinski definition) is 1. The second-order valence-electron chi connectivity index (χ2n) is 4.79. The van der Waals surface area contributed by atoms with Gasteiger partial charge in [-0.2, -0.15) is 5.10 Å². The van der Waals surface area contributed by atoms with Crippen molar-refractivity contribution in [2.24, 2.45) is 7.05 Å². The molecule has 0 radical (unpaired) electrons. The molecule has 0 aliphatic carbocycles. The summed E-state index contributed by atoms with van der Waals surface area (Å²) in [5, 5.41) is 6.94. The molecule has 0 saturated carbocycles. The Kier molecular flexibility index (Phi) is 2.74. The smallest absolute Gasteiger partial charge is 0.249 e. The summed E-state index contributed by atoms with van der Waals surface area (Å²) in [7, 11) is 1.80. The second kappa shape index (κ2) is 3.96. The van der Waals surface area contributed by atoms with Gasteiger partial charge in [-0.1, -0.05) is 0 Å². The highest BCUT2D eigenvalue weighted by atomic mass is 16.2. The molecular formula is C11H16N4O2. The molecule has 1 N–H and O–H groups in total. The Bertz CT molecular complexity index is 464. The van der Waals surface area contributed by atoms with Crippen molar-refractivity contribution in [2.75, 3.05) is 6.54 Å². The van der Waals surface area contributed by atoms with Crippen molar-refractivity contribution in [3.8, 4) is 0 Å². The number of rotatable bonds is 2. The van der Waals surface area contributed by atoms with E-state index in [2.05, 4.69) is 10.4 Å². The molecule has 1 aliphatic rings. The van der Waals surface area contributed by atoms with Crippen LogP contribution in [0.4, 0.5) is 0 Å². The SMILES string of the molecule is Cn1cc(CN2C(=O)CNC(C)(C)C2=O)cn1. The van der Waals surface area contributed by atoms with E-state index in [-0.39, 0.29) is 24.9 Å². The van der Waals surface area contributed by atoms with E-state index in [4.69, 9.17) is 0 Å². The third-order valence-corrected chi connectivity index (χ3v) is 2.86. The molecule has 0 spiro atoms. The monoisotopic (exact) mass is 236 g/mol. The van der Waals surface area contributed by atoms with Crippen LogP contribution in [0.15, 0.2) is 12.4 Å². The fourth-order valence-corrected chi connectivity index (χ4v) is 1.81. The van der Waals surface area contributed by atoms with Gasteiger partial charge < -0.3 is 0 Å². The van der Waals surface area contributed by atoms with Gasteiger partial charge in [-0.3, -0.25) is 24.5 Å². The van der Waals surface area contributed by atoms with Crippen LogP contribution in [0, 0.1) is 0 Å². The van der Waals surface area contributed by atoms with E-state index in [1.165, 1.54) is 4.90 Å². The van der Waals surface area contributed by atoms with Gasteiger partial charge in [-0.15, -0.1) is 0 Å². The maximum Gasteiger partial charge on any atom is 0.249 e. The van der Waals surface area contributed by atoms with Gasteiger partial charge >= 0.3 is 0 Å². The van der Waals surface area contributed by atoms with Crippen LogP contribution in [-0.2, 0) is 23.2 Å². The molecule has 2 rings (SSSR count). The summed E-state index contributed by atoms with van der Waals surface area (Å²) in [5.74, 6) is -0.393. The van der Waals surface area contributed by atoms with Crippen LogP contribution in [0.2, 0.25) is 0 Å². The normalized spacial score (nSPS) is 19.8. The lowest BCUT2D eigenvalue weighted by Crippen LogP contribution is -2.63. The first-order valence-corrected chi connectivity index (χ1v) is 5.47. The quantitative estimate of drug-likeness (QED) is 0.713. The van der Waals surface area contributed by atoms with E-state index in [1.807, 2.05) is 0 Å². The fourth-order valence-electron chi connectivity index (χ4n) is 1.81. The third kappa shape index (κ3) is 2.21. The number of nitrogens with zero attached hydrogens (tertiary/aromatic N) is 3. The molecule has 1 aromatic rings. The molecule has 0 aromatic carbocycles. The summed E-state index contributed by atoms with van der Waals surface area (Å²) in [6, 6.07) is 0. The van der Waals surface area contributed by atoms with Gasteiger partial charge in [0.25, 0.3) is 0 Å². The minimum absolute atomic E-state index is 0.193. The molecule has 92 valence electrons. The predicted octanol–water partition coefficient (Wildman–Crippen LogP) is -0.343. The Morgan fingerprint density at radius 3 is 2.76 bits per heavy atom. The van der Waals surface area contributed by atoms with Crippen molar-refractivity contribution in [3.05, 3.63) is 18.0 Å².